The van der Waals surface area contributed by atoms with E-state index in [0.717, 1.165) is 35.4 Å². The number of carbonyl (C=O) groups is 1. The van der Waals surface area contributed by atoms with Crippen molar-refractivity contribution in [1.82, 2.24) is 19.7 Å². The van der Waals surface area contributed by atoms with Gasteiger partial charge in [-0.1, -0.05) is 48.2 Å². The zero-order valence-electron chi connectivity index (χ0n) is 15.2. The Morgan fingerprint density at radius 3 is 2.79 bits per heavy atom. The molecule has 140 valence electrons. The molecule has 1 atom stereocenters. The third-order valence-corrected chi connectivity index (χ3v) is 5.91. The van der Waals surface area contributed by atoms with E-state index in [1.807, 2.05) is 41.1 Å². The number of thioether (sulfide) groups is 1. The monoisotopic (exact) mass is 389 g/mol. The number of rotatable bonds is 4. The third kappa shape index (κ3) is 3.11. The van der Waals surface area contributed by atoms with Crippen LogP contribution in [0.5, 0.6) is 0 Å². The normalized spacial score (nSPS) is 18.4. The summed E-state index contributed by atoms with van der Waals surface area (Å²) in [6.07, 6.45) is 4.13. The first kappa shape index (κ1) is 17.2. The van der Waals surface area contributed by atoms with Crippen molar-refractivity contribution in [2.45, 2.75) is 36.2 Å². The lowest BCUT2D eigenvalue weighted by Gasteiger charge is -2.32. The molecule has 0 fully saturated rings. The summed E-state index contributed by atoms with van der Waals surface area (Å²) < 4.78 is 1.86. The Labute approximate surface area is 167 Å². The molecule has 5 rings (SSSR count). The topological polar surface area (TPSA) is 72.7 Å². The molecule has 3 aromatic rings. The molecule has 3 heterocycles. The summed E-state index contributed by atoms with van der Waals surface area (Å²) in [5, 5.41) is 8.79. The molecule has 28 heavy (non-hydrogen) atoms. The molecule has 7 heteroatoms. The second-order valence-electron chi connectivity index (χ2n) is 6.88. The van der Waals surface area contributed by atoms with Crippen LogP contribution in [0.2, 0.25) is 0 Å². The Bertz CT molecular complexity index is 1050. The molecule has 0 radical (unpaired) electrons. The lowest BCUT2D eigenvalue weighted by Crippen LogP contribution is -2.31. The van der Waals surface area contributed by atoms with Gasteiger partial charge in [0.15, 0.2) is 5.78 Å². The molecule has 1 N–H and O–H groups in total. The number of nitrogens with one attached hydrogen (secondary N) is 1. The molecule has 2 aromatic heterocycles. The highest BCUT2D eigenvalue weighted by Gasteiger charge is 2.36. The van der Waals surface area contributed by atoms with Gasteiger partial charge in [-0.05, 0) is 30.5 Å². The van der Waals surface area contributed by atoms with Gasteiger partial charge in [0.1, 0.15) is 6.04 Å². The minimum atomic E-state index is -0.225. The first-order valence-electron chi connectivity index (χ1n) is 9.37. The molecule has 1 aromatic carbocycles. The van der Waals surface area contributed by atoms with Crippen molar-refractivity contribution in [2.75, 3.05) is 5.32 Å². The molecule has 0 spiro atoms. The second kappa shape index (κ2) is 7.24. The van der Waals surface area contributed by atoms with Crippen LogP contribution in [0.15, 0.2) is 71.2 Å². The van der Waals surface area contributed by atoms with Crippen molar-refractivity contribution in [3.05, 3.63) is 77.3 Å². The lowest BCUT2D eigenvalue weighted by atomic mass is 9.85. The smallest absolute Gasteiger partial charge is 0.227 e. The van der Waals surface area contributed by atoms with Crippen molar-refractivity contribution < 1.29 is 4.79 Å². The number of hydrogen-bond acceptors (Lipinski definition) is 6. The molecule has 1 aliphatic carbocycles. The maximum Gasteiger partial charge on any atom is 0.227 e. The quantitative estimate of drug-likeness (QED) is 0.680. The highest BCUT2D eigenvalue weighted by Crippen LogP contribution is 2.40. The van der Waals surface area contributed by atoms with E-state index in [1.165, 1.54) is 0 Å². The summed E-state index contributed by atoms with van der Waals surface area (Å²) in [7, 11) is 0. The van der Waals surface area contributed by atoms with Gasteiger partial charge in [0.05, 0.1) is 5.69 Å². The standard InChI is InChI=1S/C21H19N5OS/c27-17-11-6-10-16-18(17)19(14-7-2-1-3-8-14)26-20(23-16)24-21(25-26)28-13-15-9-4-5-12-22-15/h1-5,7-9,12,19H,6,10-11,13H2,(H,23,24,25)/t19-/m0/s1. The van der Waals surface area contributed by atoms with Gasteiger partial charge in [-0.25, -0.2) is 4.68 Å². The maximum atomic E-state index is 12.8. The molecular weight excluding hydrogens is 370 g/mol. The lowest BCUT2D eigenvalue weighted by molar-refractivity contribution is -0.116. The summed E-state index contributed by atoms with van der Waals surface area (Å²) in [5.41, 5.74) is 3.86. The number of allylic oxidation sites excluding steroid dienone is 2. The van der Waals surface area contributed by atoms with Gasteiger partial charge >= 0.3 is 0 Å². The zero-order chi connectivity index (χ0) is 18.9. The highest BCUT2D eigenvalue weighted by molar-refractivity contribution is 7.98. The number of anilines is 1. The first-order valence-corrected chi connectivity index (χ1v) is 10.4. The zero-order valence-corrected chi connectivity index (χ0v) is 16.0. The number of carbonyl (C=O) groups excluding carboxylic acids is 1. The number of nitrogens with zero attached hydrogens (tertiary/aromatic N) is 4. The van der Waals surface area contributed by atoms with Crippen molar-refractivity contribution in [3.63, 3.8) is 0 Å². The Morgan fingerprint density at radius 1 is 1.11 bits per heavy atom. The van der Waals surface area contributed by atoms with E-state index >= 15 is 0 Å². The first-order chi connectivity index (χ1) is 13.8. The van der Waals surface area contributed by atoms with Crippen LogP contribution in [0, 0.1) is 0 Å². The number of hydrogen-bond donors (Lipinski definition) is 1. The summed E-state index contributed by atoms with van der Waals surface area (Å²) in [5.74, 6) is 1.60. The van der Waals surface area contributed by atoms with Crippen molar-refractivity contribution in [2.24, 2.45) is 0 Å². The minimum absolute atomic E-state index is 0.200. The third-order valence-electron chi connectivity index (χ3n) is 5.04. The van der Waals surface area contributed by atoms with Crippen LogP contribution in [0.25, 0.3) is 0 Å². The Morgan fingerprint density at radius 2 is 1.96 bits per heavy atom. The summed E-state index contributed by atoms with van der Waals surface area (Å²) in [4.78, 5) is 21.8. The summed E-state index contributed by atoms with van der Waals surface area (Å²) in [6, 6.07) is 15.7. The fourth-order valence-electron chi connectivity index (χ4n) is 3.76. The molecule has 1 aliphatic heterocycles. The number of benzene rings is 1. The molecule has 0 saturated carbocycles. The van der Waals surface area contributed by atoms with Gasteiger partial charge in [-0.15, -0.1) is 5.10 Å². The van der Waals surface area contributed by atoms with Gasteiger partial charge < -0.3 is 5.32 Å². The average Bonchev–Trinajstić information content (AvgIpc) is 3.15. The van der Waals surface area contributed by atoms with E-state index in [-0.39, 0.29) is 11.8 Å². The minimum Gasteiger partial charge on any atom is -0.328 e. The number of Topliss-reactive ketones (excluding diaryl/α,β-unsaturated/α-hetero) is 1. The van der Waals surface area contributed by atoms with Gasteiger partial charge in [0.25, 0.3) is 0 Å². The van der Waals surface area contributed by atoms with Crippen LogP contribution < -0.4 is 5.32 Å². The van der Waals surface area contributed by atoms with Crippen LogP contribution in [0.3, 0.4) is 0 Å². The Kier molecular flexibility index (Phi) is 4.44. The van der Waals surface area contributed by atoms with E-state index in [0.29, 0.717) is 23.3 Å². The highest BCUT2D eigenvalue weighted by atomic mass is 32.2. The summed E-state index contributed by atoms with van der Waals surface area (Å²) >= 11 is 1.55. The number of aromatic nitrogens is 4. The van der Waals surface area contributed by atoms with Gasteiger partial charge in [-0.3, -0.25) is 9.78 Å². The van der Waals surface area contributed by atoms with Crippen LogP contribution in [0.1, 0.15) is 36.6 Å². The van der Waals surface area contributed by atoms with Crippen LogP contribution in [-0.4, -0.2) is 25.5 Å². The summed E-state index contributed by atoms with van der Waals surface area (Å²) in [6.45, 7) is 0. The second-order valence-corrected chi connectivity index (χ2v) is 7.82. The van der Waals surface area contributed by atoms with E-state index in [9.17, 15) is 4.79 Å². The molecule has 2 aliphatic rings. The predicted octanol–water partition coefficient (Wildman–Crippen LogP) is 3.99. The molecule has 0 unspecified atom stereocenters. The molecule has 6 nitrogen and oxygen atoms in total. The van der Waals surface area contributed by atoms with Gasteiger partial charge in [-0.2, -0.15) is 4.98 Å². The number of ketones is 1. The largest absolute Gasteiger partial charge is 0.328 e. The van der Waals surface area contributed by atoms with E-state index in [4.69, 9.17) is 5.10 Å². The van der Waals surface area contributed by atoms with Gasteiger partial charge in [0.2, 0.25) is 11.1 Å². The number of fused-ring (bicyclic) bond motifs is 1. The Balaban J connectivity index is 1.51. The molecule has 0 amide bonds. The van der Waals surface area contributed by atoms with Crippen LogP contribution in [0.4, 0.5) is 5.95 Å². The SMILES string of the molecule is O=C1CCCC2=C1[C@H](c1ccccc1)n1nc(SCc3ccccn3)nc1N2. The average molecular weight is 389 g/mol. The van der Waals surface area contributed by atoms with Crippen LogP contribution in [-0.2, 0) is 10.5 Å². The van der Waals surface area contributed by atoms with E-state index < -0.39 is 0 Å². The van der Waals surface area contributed by atoms with Crippen molar-refractivity contribution in [3.8, 4) is 0 Å². The molecule has 0 saturated heterocycles. The van der Waals surface area contributed by atoms with E-state index in [1.54, 1.807) is 18.0 Å². The number of pyridine rings is 1. The Hall–Kier alpha value is -2.93. The van der Waals surface area contributed by atoms with E-state index in [2.05, 4.69) is 27.4 Å². The fraction of sp³-hybridized carbons (Fsp3) is 0.238. The molecule has 0 bridgehead atoms. The fourth-order valence-corrected chi connectivity index (χ4v) is 4.51. The molecular formula is C21H19N5OS. The van der Waals surface area contributed by atoms with Crippen molar-refractivity contribution in [1.29, 1.82) is 0 Å². The van der Waals surface area contributed by atoms with Crippen LogP contribution >= 0.6 is 11.8 Å². The van der Waals surface area contributed by atoms with Crippen molar-refractivity contribution >= 4 is 23.5 Å². The predicted molar refractivity (Wildman–Crippen MR) is 108 cm³/mol. The van der Waals surface area contributed by atoms with Gasteiger partial charge in [0, 0.05) is 29.6 Å². The maximum absolute atomic E-state index is 12.8.